The van der Waals surface area contributed by atoms with Crippen LogP contribution in [0.5, 0.6) is 0 Å². The van der Waals surface area contributed by atoms with E-state index < -0.39 is 0 Å². The average Bonchev–Trinajstić information content (AvgIpc) is 2.44. The summed E-state index contributed by atoms with van der Waals surface area (Å²) in [6.07, 6.45) is 5.12. The zero-order chi connectivity index (χ0) is 14.5. The molecule has 1 aliphatic rings. The summed E-state index contributed by atoms with van der Waals surface area (Å²) in [6.45, 7) is 10.2. The Morgan fingerprint density at radius 3 is 2.85 bits per heavy atom. The zero-order valence-corrected chi connectivity index (χ0v) is 14.6. The largest absolute Gasteiger partial charge is 0.309 e. The van der Waals surface area contributed by atoms with Crippen molar-refractivity contribution >= 4 is 23.5 Å². The lowest BCUT2D eigenvalue weighted by Crippen LogP contribution is -2.38. The lowest BCUT2D eigenvalue weighted by atomic mass is 10.0. The molecule has 1 aromatic heterocycles. The number of aromatic nitrogens is 1. The summed E-state index contributed by atoms with van der Waals surface area (Å²) in [5.41, 5.74) is 2.73. The van der Waals surface area contributed by atoms with Crippen molar-refractivity contribution in [3.05, 3.63) is 29.6 Å². The van der Waals surface area contributed by atoms with Crippen molar-refractivity contribution in [1.82, 2.24) is 10.3 Å². The predicted octanol–water partition coefficient (Wildman–Crippen LogP) is 4.06. The molecule has 112 valence electrons. The van der Waals surface area contributed by atoms with Gasteiger partial charge in [-0.15, -0.1) is 0 Å². The monoisotopic (exact) mass is 310 g/mol. The number of rotatable bonds is 5. The van der Waals surface area contributed by atoms with E-state index in [0.717, 1.165) is 17.0 Å². The molecule has 1 N–H and O–H groups in total. The Labute approximate surface area is 131 Å². The maximum atomic E-state index is 4.35. The molecule has 0 aromatic carbocycles. The maximum absolute atomic E-state index is 4.35. The first-order chi connectivity index (χ1) is 9.63. The van der Waals surface area contributed by atoms with Gasteiger partial charge in [0.25, 0.3) is 0 Å². The molecule has 2 heterocycles. The van der Waals surface area contributed by atoms with Crippen LogP contribution in [0.3, 0.4) is 0 Å². The molecule has 4 atom stereocenters. The normalized spacial score (nSPS) is 28.3. The van der Waals surface area contributed by atoms with Crippen LogP contribution in [-0.2, 0) is 0 Å². The third-order valence-corrected chi connectivity index (χ3v) is 7.47. The zero-order valence-electron chi connectivity index (χ0n) is 12.9. The van der Waals surface area contributed by atoms with E-state index >= 15 is 0 Å². The maximum Gasteiger partial charge on any atom is 0.0466 e. The van der Waals surface area contributed by atoms with E-state index in [0.29, 0.717) is 11.3 Å². The molecule has 1 fully saturated rings. The Bertz CT molecular complexity index is 425. The van der Waals surface area contributed by atoms with E-state index in [9.17, 15) is 0 Å². The van der Waals surface area contributed by atoms with Gasteiger partial charge in [-0.05, 0) is 37.1 Å². The van der Waals surface area contributed by atoms with E-state index in [2.05, 4.69) is 73.8 Å². The van der Waals surface area contributed by atoms with Gasteiger partial charge >= 0.3 is 0 Å². The van der Waals surface area contributed by atoms with Crippen LogP contribution in [0, 0.1) is 6.92 Å². The average molecular weight is 311 g/mol. The number of nitrogens with zero attached hydrogens (tertiary/aromatic N) is 1. The lowest BCUT2D eigenvalue weighted by Gasteiger charge is -2.37. The molecule has 0 spiro atoms. The molecule has 0 bridgehead atoms. The van der Waals surface area contributed by atoms with Crippen LogP contribution in [0.4, 0.5) is 0 Å². The highest BCUT2D eigenvalue weighted by Crippen LogP contribution is 2.41. The third kappa shape index (κ3) is 3.92. The molecule has 1 saturated heterocycles. The van der Waals surface area contributed by atoms with Gasteiger partial charge < -0.3 is 5.32 Å². The van der Waals surface area contributed by atoms with Crippen molar-refractivity contribution < 1.29 is 0 Å². The minimum absolute atomic E-state index is 0.427. The number of hydrogen-bond donors (Lipinski definition) is 1. The molecule has 20 heavy (non-hydrogen) atoms. The van der Waals surface area contributed by atoms with Crippen molar-refractivity contribution in [2.75, 3.05) is 12.3 Å². The van der Waals surface area contributed by atoms with Crippen LogP contribution in [0.1, 0.15) is 44.4 Å². The molecule has 2 rings (SSSR count). The van der Waals surface area contributed by atoms with Gasteiger partial charge in [0.05, 0.1) is 0 Å². The first-order valence-electron chi connectivity index (χ1n) is 7.54. The summed E-state index contributed by atoms with van der Waals surface area (Å²) in [5.74, 6) is 1.23. The second kappa shape index (κ2) is 7.71. The Balaban J connectivity index is 2.17. The summed E-state index contributed by atoms with van der Waals surface area (Å²) in [6, 6.07) is 2.55. The van der Waals surface area contributed by atoms with E-state index in [1.54, 1.807) is 0 Å². The SMILES string of the molecule is CCCNC(c1cnccc1C)C1CSC(C)C(C)S1. The summed E-state index contributed by atoms with van der Waals surface area (Å²) < 4.78 is 0. The highest BCUT2D eigenvalue weighted by atomic mass is 32.2. The second-order valence-corrected chi connectivity index (χ2v) is 8.61. The quantitative estimate of drug-likeness (QED) is 0.886. The second-order valence-electron chi connectivity index (χ2n) is 5.58. The van der Waals surface area contributed by atoms with E-state index in [-0.39, 0.29) is 0 Å². The van der Waals surface area contributed by atoms with Gasteiger partial charge in [-0.2, -0.15) is 23.5 Å². The van der Waals surface area contributed by atoms with Crippen LogP contribution >= 0.6 is 23.5 Å². The van der Waals surface area contributed by atoms with Crippen LogP contribution in [-0.4, -0.2) is 33.0 Å². The van der Waals surface area contributed by atoms with Gasteiger partial charge in [0, 0.05) is 39.9 Å². The smallest absolute Gasteiger partial charge is 0.0466 e. The van der Waals surface area contributed by atoms with Gasteiger partial charge in [-0.3, -0.25) is 4.98 Å². The van der Waals surface area contributed by atoms with Gasteiger partial charge in [0.2, 0.25) is 0 Å². The number of hydrogen-bond acceptors (Lipinski definition) is 4. The van der Waals surface area contributed by atoms with Gasteiger partial charge in [-0.25, -0.2) is 0 Å². The lowest BCUT2D eigenvalue weighted by molar-refractivity contribution is 0.524. The summed E-state index contributed by atoms with van der Waals surface area (Å²) in [7, 11) is 0. The Morgan fingerprint density at radius 2 is 2.20 bits per heavy atom. The summed E-state index contributed by atoms with van der Waals surface area (Å²) >= 11 is 4.26. The van der Waals surface area contributed by atoms with Crippen molar-refractivity contribution in [3.8, 4) is 0 Å². The summed E-state index contributed by atoms with van der Waals surface area (Å²) in [5, 5.41) is 5.88. The fourth-order valence-electron chi connectivity index (χ4n) is 2.53. The highest BCUT2D eigenvalue weighted by molar-refractivity contribution is 8.07. The molecule has 0 radical (unpaired) electrons. The Hall–Kier alpha value is -0.190. The van der Waals surface area contributed by atoms with Crippen LogP contribution in [0.15, 0.2) is 18.5 Å². The molecule has 0 amide bonds. The van der Waals surface area contributed by atoms with Gasteiger partial charge in [0.15, 0.2) is 0 Å². The molecule has 0 aliphatic carbocycles. The fourth-order valence-corrected chi connectivity index (χ4v) is 5.63. The van der Waals surface area contributed by atoms with Crippen molar-refractivity contribution in [2.45, 2.75) is 55.9 Å². The first kappa shape index (κ1) is 16.2. The number of pyridine rings is 1. The first-order valence-corrected chi connectivity index (χ1v) is 9.53. The third-order valence-electron chi connectivity index (χ3n) is 3.97. The standard InChI is InChI=1S/C16H26N2S2/c1-5-7-18-16(14-9-17-8-6-11(14)2)15-10-19-12(3)13(4)20-15/h6,8-9,12-13,15-16,18H,5,7,10H2,1-4H3. The Morgan fingerprint density at radius 1 is 1.40 bits per heavy atom. The van der Waals surface area contributed by atoms with E-state index in [1.165, 1.54) is 23.3 Å². The minimum Gasteiger partial charge on any atom is -0.309 e. The van der Waals surface area contributed by atoms with Crippen molar-refractivity contribution in [2.24, 2.45) is 0 Å². The van der Waals surface area contributed by atoms with Crippen LogP contribution < -0.4 is 5.32 Å². The van der Waals surface area contributed by atoms with Crippen molar-refractivity contribution in [3.63, 3.8) is 0 Å². The molecule has 1 aromatic rings. The molecule has 4 heteroatoms. The number of nitrogens with one attached hydrogen (secondary N) is 1. The molecular weight excluding hydrogens is 284 g/mol. The van der Waals surface area contributed by atoms with Crippen molar-refractivity contribution in [1.29, 1.82) is 0 Å². The fraction of sp³-hybridized carbons (Fsp3) is 0.688. The highest BCUT2D eigenvalue weighted by Gasteiger charge is 2.32. The Kier molecular flexibility index (Phi) is 6.24. The number of thioether (sulfide) groups is 2. The topological polar surface area (TPSA) is 24.9 Å². The van der Waals surface area contributed by atoms with E-state index in [1.807, 2.05) is 6.20 Å². The molecule has 4 unspecified atom stereocenters. The van der Waals surface area contributed by atoms with E-state index in [4.69, 9.17) is 0 Å². The van der Waals surface area contributed by atoms with Crippen LogP contribution in [0.2, 0.25) is 0 Å². The van der Waals surface area contributed by atoms with Crippen LogP contribution in [0.25, 0.3) is 0 Å². The minimum atomic E-state index is 0.427. The molecule has 0 saturated carbocycles. The summed E-state index contributed by atoms with van der Waals surface area (Å²) in [4.78, 5) is 4.35. The number of aryl methyl sites for hydroxylation is 1. The van der Waals surface area contributed by atoms with Gasteiger partial charge in [-0.1, -0.05) is 20.8 Å². The molecule has 2 nitrogen and oxygen atoms in total. The molecule has 1 aliphatic heterocycles. The predicted molar refractivity (Wildman–Crippen MR) is 92.8 cm³/mol. The van der Waals surface area contributed by atoms with Gasteiger partial charge in [0.1, 0.15) is 0 Å². The molecular formula is C16H26N2S2.